The fraction of sp³-hybridized carbons (Fsp3) is 0.909. The number of unbranched alkanes of at least 4 members (excludes halogenated alkanes) is 14. The van der Waals surface area contributed by atoms with E-state index in [2.05, 4.69) is 31.1 Å². The average molecular weight is 339 g/mol. The Morgan fingerprint density at radius 3 is 1.58 bits per heavy atom. The van der Waals surface area contributed by atoms with Crippen LogP contribution in [0.15, 0.2) is 12.3 Å². The minimum absolute atomic E-state index is 0.789. The monoisotopic (exact) mass is 338 g/mol. The molecule has 0 aromatic rings. The van der Waals surface area contributed by atoms with Crippen LogP contribution in [0, 0.1) is 0 Å². The summed E-state index contributed by atoms with van der Waals surface area (Å²) in [4.78, 5) is 2.25. The van der Waals surface area contributed by atoms with Crippen molar-refractivity contribution in [3.8, 4) is 0 Å². The smallest absolute Gasteiger partial charge is 0.0181 e. The SMILES string of the molecule is CCCCCCCCCCCCCCCCC=CN(C)CCCN. The molecule has 0 aliphatic carbocycles. The molecule has 2 nitrogen and oxygen atoms in total. The highest BCUT2D eigenvalue weighted by Crippen LogP contribution is 2.13. The van der Waals surface area contributed by atoms with Crippen LogP contribution in [0.25, 0.3) is 0 Å². The van der Waals surface area contributed by atoms with E-state index >= 15 is 0 Å². The van der Waals surface area contributed by atoms with Gasteiger partial charge in [0.15, 0.2) is 0 Å². The number of hydrogen-bond acceptors (Lipinski definition) is 2. The van der Waals surface area contributed by atoms with E-state index in [0.29, 0.717) is 0 Å². The van der Waals surface area contributed by atoms with E-state index < -0.39 is 0 Å². The van der Waals surface area contributed by atoms with Crippen molar-refractivity contribution < 1.29 is 0 Å². The first-order valence-corrected chi connectivity index (χ1v) is 10.9. The van der Waals surface area contributed by atoms with Crippen LogP contribution in [0.1, 0.15) is 110 Å². The van der Waals surface area contributed by atoms with Crippen LogP contribution in [0.3, 0.4) is 0 Å². The van der Waals surface area contributed by atoms with Gasteiger partial charge in [0.2, 0.25) is 0 Å². The van der Waals surface area contributed by atoms with Crippen molar-refractivity contribution in [2.45, 2.75) is 110 Å². The van der Waals surface area contributed by atoms with E-state index in [1.165, 1.54) is 96.3 Å². The molecule has 0 rings (SSSR count). The molecule has 0 aromatic heterocycles. The first-order valence-electron chi connectivity index (χ1n) is 10.9. The zero-order chi connectivity index (χ0) is 17.7. The predicted molar refractivity (Wildman–Crippen MR) is 110 cm³/mol. The van der Waals surface area contributed by atoms with Crippen LogP contribution in [0.2, 0.25) is 0 Å². The Morgan fingerprint density at radius 1 is 0.667 bits per heavy atom. The van der Waals surface area contributed by atoms with Crippen LogP contribution in [-0.4, -0.2) is 25.0 Å². The summed E-state index contributed by atoms with van der Waals surface area (Å²) in [6.45, 7) is 4.16. The molecule has 0 fully saturated rings. The lowest BCUT2D eigenvalue weighted by Gasteiger charge is -2.12. The van der Waals surface area contributed by atoms with E-state index in [4.69, 9.17) is 5.73 Å². The van der Waals surface area contributed by atoms with Gasteiger partial charge >= 0.3 is 0 Å². The van der Waals surface area contributed by atoms with Crippen molar-refractivity contribution in [3.05, 3.63) is 12.3 Å². The summed E-state index contributed by atoms with van der Waals surface area (Å²) in [5.41, 5.74) is 5.52. The molecular weight excluding hydrogens is 292 g/mol. The Balaban J connectivity index is 3.11. The Labute approximate surface area is 153 Å². The van der Waals surface area contributed by atoms with Gasteiger partial charge in [-0.25, -0.2) is 0 Å². The highest BCUT2D eigenvalue weighted by atomic mass is 15.1. The Hall–Kier alpha value is -0.500. The molecule has 0 atom stereocenters. The summed E-state index contributed by atoms with van der Waals surface area (Å²) in [7, 11) is 2.14. The highest BCUT2D eigenvalue weighted by molar-refractivity contribution is 4.80. The largest absolute Gasteiger partial charge is 0.381 e. The zero-order valence-electron chi connectivity index (χ0n) is 16.9. The predicted octanol–water partition coefficient (Wildman–Crippen LogP) is 6.65. The van der Waals surface area contributed by atoms with Crippen molar-refractivity contribution >= 4 is 0 Å². The van der Waals surface area contributed by atoms with Crippen LogP contribution in [-0.2, 0) is 0 Å². The maximum atomic E-state index is 5.52. The quantitative estimate of drug-likeness (QED) is 0.267. The molecule has 0 aliphatic heterocycles. The highest BCUT2D eigenvalue weighted by Gasteiger charge is 1.94. The summed E-state index contributed by atoms with van der Waals surface area (Å²) >= 11 is 0. The van der Waals surface area contributed by atoms with Gasteiger partial charge < -0.3 is 10.6 Å². The number of hydrogen-bond donors (Lipinski definition) is 1. The first kappa shape index (κ1) is 23.5. The van der Waals surface area contributed by atoms with Crippen LogP contribution < -0.4 is 5.73 Å². The van der Waals surface area contributed by atoms with E-state index in [1.54, 1.807) is 0 Å². The van der Waals surface area contributed by atoms with Gasteiger partial charge in [0.1, 0.15) is 0 Å². The number of allylic oxidation sites excluding steroid dienone is 1. The third-order valence-corrected chi connectivity index (χ3v) is 4.80. The fourth-order valence-corrected chi connectivity index (χ4v) is 3.13. The van der Waals surface area contributed by atoms with Gasteiger partial charge in [-0.2, -0.15) is 0 Å². The molecule has 0 saturated carbocycles. The third-order valence-electron chi connectivity index (χ3n) is 4.80. The topological polar surface area (TPSA) is 29.3 Å². The van der Waals surface area contributed by atoms with E-state index in [-0.39, 0.29) is 0 Å². The average Bonchev–Trinajstić information content (AvgIpc) is 2.59. The lowest BCUT2D eigenvalue weighted by molar-refractivity contribution is 0.445. The molecule has 0 heterocycles. The normalized spacial score (nSPS) is 11.5. The second kappa shape index (κ2) is 20.5. The van der Waals surface area contributed by atoms with Crippen molar-refractivity contribution in [3.63, 3.8) is 0 Å². The lowest BCUT2D eigenvalue weighted by Crippen LogP contribution is -2.15. The zero-order valence-corrected chi connectivity index (χ0v) is 16.9. The van der Waals surface area contributed by atoms with Crippen molar-refractivity contribution in [2.75, 3.05) is 20.1 Å². The molecule has 0 aliphatic rings. The van der Waals surface area contributed by atoms with Gasteiger partial charge in [0, 0.05) is 13.6 Å². The number of nitrogens with two attached hydrogens (primary N) is 1. The molecule has 0 aromatic carbocycles. The minimum Gasteiger partial charge on any atom is -0.381 e. The van der Waals surface area contributed by atoms with E-state index in [1.807, 2.05) is 0 Å². The van der Waals surface area contributed by atoms with E-state index in [0.717, 1.165) is 19.5 Å². The third kappa shape index (κ3) is 19.5. The molecule has 144 valence electrons. The van der Waals surface area contributed by atoms with Gasteiger partial charge in [-0.05, 0) is 32.0 Å². The second-order valence-corrected chi connectivity index (χ2v) is 7.39. The molecule has 0 amide bonds. The molecule has 24 heavy (non-hydrogen) atoms. The van der Waals surface area contributed by atoms with Crippen LogP contribution in [0.4, 0.5) is 0 Å². The lowest BCUT2D eigenvalue weighted by atomic mass is 10.0. The second-order valence-electron chi connectivity index (χ2n) is 7.39. The Kier molecular flexibility index (Phi) is 20.1. The number of rotatable bonds is 19. The summed E-state index contributed by atoms with van der Waals surface area (Å²) in [5, 5.41) is 0. The molecule has 0 spiro atoms. The molecular formula is C22H46N2. The van der Waals surface area contributed by atoms with Crippen molar-refractivity contribution in [1.29, 1.82) is 0 Å². The summed E-state index contributed by atoms with van der Waals surface area (Å²) in [6.07, 6.45) is 26.9. The van der Waals surface area contributed by atoms with Crippen LogP contribution in [0.5, 0.6) is 0 Å². The Morgan fingerprint density at radius 2 is 1.12 bits per heavy atom. The molecule has 0 radical (unpaired) electrons. The molecule has 2 heteroatoms. The number of nitrogens with zero attached hydrogens (tertiary/aromatic N) is 1. The molecule has 0 unspecified atom stereocenters. The molecule has 0 bridgehead atoms. The molecule has 2 N–H and O–H groups in total. The van der Waals surface area contributed by atoms with Crippen molar-refractivity contribution in [1.82, 2.24) is 4.90 Å². The van der Waals surface area contributed by atoms with Crippen molar-refractivity contribution in [2.24, 2.45) is 5.73 Å². The first-order chi connectivity index (χ1) is 11.8. The fourth-order valence-electron chi connectivity index (χ4n) is 3.13. The minimum atomic E-state index is 0.789. The summed E-state index contributed by atoms with van der Waals surface area (Å²) < 4.78 is 0. The maximum absolute atomic E-state index is 5.52. The maximum Gasteiger partial charge on any atom is 0.0181 e. The van der Waals surface area contributed by atoms with E-state index in [9.17, 15) is 0 Å². The summed E-state index contributed by atoms with van der Waals surface area (Å²) in [6, 6.07) is 0. The summed E-state index contributed by atoms with van der Waals surface area (Å²) in [5.74, 6) is 0. The Bertz CT molecular complexity index is 250. The van der Waals surface area contributed by atoms with Gasteiger partial charge in [0.05, 0.1) is 0 Å². The standard InChI is InChI=1S/C22H46N2/c1-3-4-5-6-7-8-9-10-11-12-13-14-15-16-17-18-21-24(2)22-19-20-23/h18,21H,3-17,19-20,22-23H2,1-2H3. The van der Waals surface area contributed by atoms with Gasteiger partial charge in [-0.3, -0.25) is 0 Å². The molecule has 0 saturated heterocycles. The van der Waals surface area contributed by atoms with Gasteiger partial charge in [0.25, 0.3) is 0 Å². The van der Waals surface area contributed by atoms with Crippen LogP contribution >= 0.6 is 0 Å². The van der Waals surface area contributed by atoms with Gasteiger partial charge in [-0.15, -0.1) is 0 Å². The van der Waals surface area contributed by atoms with Gasteiger partial charge in [-0.1, -0.05) is 96.5 Å².